The Morgan fingerprint density at radius 3 is 2.05 bits per heavy atom. The van der Waals surface area contributed by atoms with E-state index in [1.54, 1.807) is 0 Å². The fourth-order valence-electron chi connectivity index (χ4n) is 1.37. The van der Waals surface area contributed by atoms with Gasteiger partial charge in [0, 0.05) is 24.9 Å². The molecule has 0 bridgehead atoms. The van der Waals surface area contributed by atoms with Crippen molar-refractivity contribution in [1.82, 2.24) is 10.6 Å². The first-order chi connectivity index (χ1) is 8.53. The van der Waals surface area contributed by atoms with E-state index in [9.17, 15) is 9.59 Å². The number of nitrogens with two attached hydrogens (primary N) is 1. The monoisotopic (exact) mass is 271 g/mol. The number of carbonyl (C=O) groups excluding carboxylic acids is 2. The molecular formula is C14H29N3O2. The van der Waals surface area contributed by atoms with Gasteiger partial charge in [-0.25, -0.2) is 0 Å². The van der Waals surface area contributed by atoms with Gasteiger partial charge in [-0.2, -0.15) is 0 Å². The van der Waals surface area contributed by atoms with Crippen LogP contribution >= 0.6 is 0 Å². The number of rotatable bonds is 6. The lowest BCUT2D eigenvalue weighted by molar-refractivity contribution is -0.128. The van der Waals surface area contributed by atoms with E-state index in [4.69, 9.17) is 5.73 Å². The smallest absolute Gasteiger partial charge is 0.225 e. The van der Waals surface area contributed by atoms with Crippen LogP contribution in [0.3, 0.4) is 0 Å². The third-order valence-electron chi connectivity index (χ3n) is 3.44. The van der Waals surface area contributed by atoms with E-state index in [2.05, 4.69) is 10.6 Å². The normalized spacial score (nSPS) is 14.9. The molecule has 5 nitrogen and oxygen atoms in total. The molecular weight excluding hydrogens is 242 g/mol. The quantitative estimate of drug-likeness (QED) is 0.674. The molecule has 0 rings (SSSR count). The molecule has 0 saturated heterocycles. The summed E-state index contributed by atoms with van der Waals surface area (Å²) >= 11 is 0. The first-order valence-corrected chi connectivity index (χ1v) is 6.82. The second-order valence-corrected chi connectivity index (χ2v) is 6.58. The SMILES string of the molecule is CC(C)C(C)(CN)NC(=O)CCNC(=O)C(C)(C)C. The Morgan fingerprint density at radius 2 is 1.68 bits per heavy atom. The van der Waals surface area contributed by atoms with Crippen LogP contribution in [-0.4, -0.2) is 30.4 Å². The number of hydrogen-bond acceptors (Lipinski definition) is 3. The first-order valence-electron chi connectivity index (χ1n) is 6.82. The van der Waals surface area contributed by atoms with Gasteiger partial charge < -0.3 is 16.4 Å². The maximum absolute atomic E-state index is 11.8. The Kier molecular flexibility index (Phi) is 6.49. The molecule has 1 atom stereocenters. The fraction of sp³-hybridized carbons (Fsp3) is 0.857. The molecule has 0 aliphatic heterocycles. The van der Waals surface area contributed by atoms with E-state index in [1.807, 2.05) is 41.5 Å². The molecule has 0 fully saturated rings. The molecule has 0 aliphatic rings. The van der Waals surface area contributed by atoms with E-state index in [0.717, 1.165) is 0 Å². The van der Waals surface area contributed by atoms with Crippen molar-refractivity contribution < 1.29 is 9.59 Å². The Balaban J connectivity index is 4.17. The van der Waals surface area contributed by atoms with Gasteiger partial charge in [0.05, 0.1) is 5.54 Å². The molecule has 0 aliphatic carbocycles. The molecule has 0 radical (unpaired) electrons. The third-order valence-corrected chi connectivity index (χ3v) is 3.44. The molecule has 0 saturated carbocycles. The Bertz CT molecular complexity index is 321. The Morgan fingerprint density at radius 1 is 1.16 bits per heavy atom. The molecule has 0 aromatic carbocycles. The summed E-state index contributed by atoms with van der Waals surface area (Å²) in [4.78, 5) is 23.5. The molecule has 2 amide bonds. The highest BCUT2D eigenvalue weighted by Gasteiger charge is 2.28. The molecule has 0 aromatic rings. The van der Waals surface area contributed by atoms with Crippen LogP contribution in [0.4, 0.5) is 0 Å². The Labute approximate surface area is 116 Å². The van der Waals surface area contributed by atoms with Crippen molar-refractivity contribution >= 4 is 11.8 Å². The average molecular weight is 271 g/mol. The van der Waals surface area contributed by atoms with Crippen LogP contribution in [0, 0.1) is 11.3 Å². The van der Waals surface area contributed by atoms with Crippen LogP contribution in [0.1, 0.15) is 48.0 Å². The summed E-state index contributed by atoms with van der Waals surface area (Å²) < 4.78 is 0. The van der Waals surface area contributed by atoms with Crippen LogP contribution in [0.2, 0.25) is 0 Å². The van der Waals surface area contributed by atoms with E-state index in [1.165, 1.54) is 0 Å². The van der Waals surface area contributed by atoms with Crippen molar-refractivity contribution in [3.05, 3.63) is 0 Å². The first kappa shape index (κ1) is 17.9. The fourth-order valence-corrected chi connectivity index (χ4v) is 1.37. The highest BCUT2D eigenvalue weighted by Crippen LogP contribution is 2.15. The zero-order chi connectivity index (χ0) is 15.3. The summed E-state index contributed by atoms with van der Waals surface area (Å²) in [5, 5.41) is 5.70. The lowest BCUT2D eigenvalue weighted by atomic mass is 9.88. The Hall–Kier alpha value is -1.10. The van der Waals surface area contributed by atoms with Crippen molar-refractivity contribution in [2.75, 3.05) is 13.1 Å². The molecule has 0 heterocycles. The molecule has 0 aromatic heterocycles. The van der Waals surface area contributed by atoms with Gasteiger partial charge >= 0.3 is 0 Å². The largest absolute Gasteiger partial charge is 0.355 e. The van der Waals surface area contributed by atoms with Gasteiger partial charge in [0.15, 0.2) is 0 Å². The highest BCUT2D eigenvalue weighted by atomic mass is 16.2. The minimum absolute atomic E-state index is 0.0502. The number of carbonyl (C=O) groups is 2. The second-order valence-electron chi connectivity index (χ2n) is 6.58. The van der Waals surface area contributed by atoms with Gasteiger partial charge in [0.1, 0.15) is 0 Å². The standard InChI is InChI=1S/C14H29N3O2/c1-10(2)14(6,9-15)17-11(18)7-8-16-12(19)13(3,4)5/h10H,7-9,15H2,1-6H3,(H,16,19)(H,17,18). The van der Waals surface area contributed by atoms with Crippen LogP contribution < -0.4 is 16.4 Å². The van der Waals surface area contributed by atoms with E-state index in [-0.39, 0.29) is 24.2 Å². The zero-order valence-electron chi connectivity index (χ0n) is 13.1. The topological polar surface area (TPSA) is 84.2 Å². The van der Waals surface area contributed by atoms with Crippen LogP contribution in [0.5, 0.6) is 0 Å². The lowest BCUT2D eigenvalue weighted by Crippen LogP contribution is -2.55. The number of amides is 2. The number of nitrogens with one attached hydrogen (secondary N) is 2. The van der Waals surface area contributed by atoms with Crippen molar-refractivity contribution in [2.24, 2.45) is 17.1 Å². The highest BCUT2D eigenvalue weighted by molar-refractivity contribution is 5.82. The van der Waals surface area contributed by atoms with E-state index in [0.29, 0.717) is 13.1 Å². The van der Waals surface area contributed by atoms with Crippen molar-refractivity contribution in [3.63, 3.8) is 0 Å². The minimum atomic E-state index is -0.430. The van der Waals surface area contributed by atoms with Gasteiger partial charge in [-0.15, -0.1) is 0 Å². The predicted molar refractivity (Wildman–Crippen MR) is 77.5 cm³/mol. The summed E-state index contributed by atoms with van der Waals surface area (Å²) in [5.41, 5.74) is 4.88. The third kappa shape index (κ3) is 6.05. The van der Waals surface area contributed by atoms with Gasteiger partial charge in [0.2, 0.25) is 11.8 Å². The van der Waals surface area contributed by atoms with Crippen LogP contribution in [-0.2, 0) is 9.59 Å². The van der Waals surface area contributed by atoms with E-state index >= 15 is 0 Å². The summed E-state index contributed by atoms with van der Waals surface area (Å²) in [6.07, 6.45) is 0.268. The maximum Gasteiger partial charge on any atom is 0.225 e. The van der Waals surface area contributed by atoms with Crippen molar-refractivity contribution in [3.8, 4) is 0 Å². The van der Waals surface area contributed by atoms with Gasteiger partial charge in [-0.05, 0) is 12.8 Å². The second kappa shape index (κ2) is 6.89. The van der Waals surface area contributed by atoms with Crippen LogP contribution in [0.25, 0.3) is 0 Å². The summed E-state index contributed by atoms with van der Waals surface area (Å²) in [7, 11) is 0. The van der Waals surface area contributed by atoms with Gasteiger partial charge in [0.25, 0.3) is 0 Å². The van der Waals surface area contributed by atoms with E-state index < -0.39 is 11.0 Å². The molecule has 5 heteroatoms. The molecule has 4 N–H and O–H groups in total. The summed E-state index contributed by atoms with van der Waals surface area (Å²) in [6.45, 7) is 12.2. The summed E-state index contributed by atoms with van der Waals surface area (Å²) in [5.74, 6) is 0.118. The van der Waals surface area contributed by atoms with Crippen LogP contribution in [0.15, 0.2) is 0 Å². The predicted octanol–water partition coefficient (Wildman–Crippen LogP) is 1.03. The van der Waals surface area contributed by atoms with Crippen molar-refractivity contribution in [1.29, 1.82) is 0 Å². The number of hydrogen-bond donors (Lipinski definition) is 3. The molecule has 19 heavy (non-hydrogen) atoms. The molecule has 112 valence electrons. The maximum atomic E-state index is 11.8. The molecule has 1 unspecified atom stereocenters. The van der Waals surface area contributed by atoms with Gasteiger partial charge in [-0.3, -0.25) is 9.59 Å². The lowest BCUT2D eigenvalue weighted by Gasteiger charge is -2.33. The molecule has 0 spiro atoms. The zero-order valence-corrected chi connectivity index (χ0v) is 13.1. The van der Waals surface area contributed by atoms with Gasteiger partial charge in [-0.1, -0.05) is 34.6 Å². The van der Waals surface area contributed by atoms with Crippen molar-refractivity contribution in [2.45, 2.75) is 53.5 Å². The average Bonchev–Trinajstić information content (AvgIpc) is 2.27. The summed E-state index contributed by atoms with van der Waals surface area (Å²) in [6, 6.07) is 0. The minimum Gasteiger partial charge on any atom is -0.355 e.